The van der Waals surface area contributed by atoms with Crippen molar-refractivity contribution in [1.29, 1.82) is 0 Å². The molecule has 66 valence electrons. The zero-order valence-electron chi connectivity index (χ0n) is 7.93. The second kappa shape index (κ2) is 3.65. The molecular weight excluding hydrogens is 243 g/mol. The molecule has 0 aromatic heterocycles. The van der Waals surface area contributed by atoms with Gasteiger partial charge in [0.1, 0.15) is 0 Å². The van der Waals surface area contributed by atoms with Gasteiger partial charge in [0.25, 0.3) is 0 Å². The van der Waals surface area contributed by atoms with Crippen molar-refractivity contribution in [2.45, 2.75) is 50.5 Å². The zero-order valence-corrected chi connectivity index (χ0v) is 10.8. The van der Waals surface area contributed by atoms with Crippen molar-refractivity contribution in [1.82, 2.24) is 0 Å². The van der Waals surface area contributed by atoms with E-state index < -0.39 is 18.4 Å². The summed E-state index contributed by atoms with van der Waals surface area (Å²) in [7, 11) is 0. The Balaban J connectivity index is 2.46. The van der Waals surface area contributed by atoms with Gasteiger partial charge in [-0.05, 0) is 0 Å². The summed E-state index contributed by atoms with van der Waals surface area (Å²) in [6.07, 6.45) is 4.86. The number of rotatable bonds is 1. The molecule has 1 fully saturated rings. The molecule has 0 radical (unpaired) electrons. The summed E-state index contributed by atoms with van der Waals surface area (Å²) in [5.74, 6) is 0. The normalized spacial score (nSPS) is 33.8. The molecule has 0 amide bonds. The third-order valence-electron chi connectivity index (χ3n) is 2.87. The standard InChI is InChI=1S/C6H11O.3CH3.Sn/c7-6-4-2-1-3-5-6;;;;/h2,6-7H,1,3-5H2;3*1H3;/t6-;;;;/m0..../s1. The number of hydrogen-bond acceptors (Lipinski definition) is 1. The van der Waals surface area contributed by atoms with Crippen LogP contribution in [0.15, 0.2) is 0 Å². The van der Waals surface area contributed by atoms with Crippen molar-refractivity contribution >= 4 is 18.4 Å². The zero-order chi connectivity index (χ0) is 8.48. The monoisotopic (exact) mass is 264 g/mol. The van der Waals surface area contributed by atoms with Crippen molar-refractivity contribution in [3.63, 3.8) is 0 Å². The quantitative estimate of drug-likeness (QED) is 0.721. The van der Waals surface area contributed by atoms with Gasteiger partial charge >= 0.3 is 74.0 Å². The van der Waals surface area contributed by atoms with Crippen LogP contribution in [0, 0.1) is 0 Å². The van der Waals surface area contributed by atoms with Gasteiger partial charge in [-0.25, -0.2) is 0 Å². The van der Waals surface area contributed by atoms with Crippen molar-refractivity contribution in [2.24, 2.45) is 0 Å². The topological polar surface area (TPSA) is 20.2 Å². The molecular formula is C9H20OSn. The Morgan fingerprint density at radius 2 is 1.82 bits per heavy atom. The molecule has 0 saturated heterocycles. The summed E-state index contributed by atoms with van der Waals surface area (Å²) in [5, 5.41) is 9.48. The molecule has 1 aliphatic rings. The fourth-order valence-corrected chi connectivity index (χ4v) is 7.80. The van der Waals surface area contributed by atoms with Crippen LogP contribution in [0.1, 0.15) is 25.7 Å². The average molecular weight is 263 g/mol. The van der Waals surface area contributed by atoms with Gasteiger partial charge in [-0.1, -0.05) is 0 Å². The van der Waals surface area contributed by atoms with E-state index in [1.807, 2.05) is 0 Å². The van der Waals surface area contributed by atoms with E-state index >= 15 is 0 Å². The summed E-state index contributed by atoms with van der Waals surface area (Å²) in [6.45, 7) is 0. The molecule has 0 aromatic rings. The fraction of sp³-hybridized carbons (Fsp3) is 1.00. The summed E-state index contributed by atoms with van der Waals surface area (Å²) >= 11 is -1.65. The van der Waals surface area contributed by atoms with Crippen LogP contribution in [-0.4, -0.2) is 29.6 Å². The van der Waals surface area contributed by atoms with Gasteiger partial charge in [-0.3, -0.25) is 0 Å². The van der Waals surface area contributed by atoms with Crippen LogP contribution in [0.4, 0.5) is 0 Å². The molecule has 0 unspecified atom stereocenters. The number of aliphatic hydroxyl groups is 1. The Labute approximate surface area is 74.1 Å². The number of hydrogen-bond donors (Lipinski definition) is 1. The molecule has 0 aromatic carbocycles. The molecule has 0 heterocycles. The third kappa shape index (κ3) is 2.94. The van der Waals surface area contributed by atoms with Crippen LogP contribution < -0.4 is 0 Å². The Morgan fingerprint density at radius 3 is 2.18 bits per heavy atom. The van der Waals surface area contributed by atoms with Gasteiger partial charge in [0.05, 0.1) is 0 Å². The van der Waals surface area contributed by atoms with Gasteiger partial charge < -0.3 is 0 Å². The molecule has 2 atom stereocenters. The van der Waals surface area contributed by atoms with Crippen LogP contribution in [0.5, 0.6) is 0 Å². The molecule has 1 saturated carbocycles. The van der Waals surface area contributed by atoms with E-state index in [1.165, 1.54) is 12.8 Å². The summed E-state index contributed by atoms with van der Waals surface area (Å²) in [4.78, 5) is 7.45. The van der Waals surface area contributed by atoms with E-state index in [0.29, 0.717) is 0 Å². The average Bonchev–Trinajstić information content (AvgIpc) is 1.86. The molecule has 0 aliphatic heterocycles. The molecule has 1 aliphatic carbocycles. The van der Waals surface area contributed by atoms with Gasteiger partial charge in [0, 0.05) is 0 Å². The fourth-order valence-electron chi connectivity index (χ4n) is 1.95. The summed E-state index contributed by atoms with van der Waals surface area (Å²) in [6, 6.07) is 0. The van der Waals surface area contributed by atoms with Crippen LogP contribution in [-0.2, 0) is 0 Å². The second-order valence-corrected chi connectivity index (χ2v) is 20.7. The first-order valence-corrected chi connectivity index (χ1v) is 14.9. The van der Waals surface area contributed by atoms with Crippen molar-refractivity contribution in [2.75, 3.05) is 0 Å². The predicted molar refractivity (Wildman–Crippen MR) is 51.6 cm³/mol. The molecule has 1 nitrogen and oxygen atoms in total. The molecule has 0 bridgehead atoms. The summed E-state index contributed by atoms with van der Waals surface area (Å²) < 4.78 is 0.938. The minimum atomic E-state index is -1.65. The van der Waals surface area contributed by atoms with E-state index in [4.69, 9.17) is 0 Å². The Hall–Kier alpha value is 0.759. The molecule has 11 heavy (non-hydrogen) atoms. The van der Waals surface area contributed by atoms with Crippen LogP contribution >= 0.6 is 0 Å². The van der Waals surface area contributed by atoms with Crippen LogP contribution in [0.25, 0.3) is 0 Å². The van der Waals surface area contributed by atoms with Gasteiger partial charge in [0.2, 0.25) is 0 Å². The van der Waals surface area contributed by atoms with Crippen LogP contribution in [0.3, 0.4) is 0 Å². The van der Waals surface area contributed by atoms with Gasteiger partial charge in [-0.2, -0.15) is 0 Å². The van der Waals surface area contributed by atoms with E-state index in [9.17, 15) is 5.11 Å². The molecule has 1 N–H and O–H groups in total. The first-order chi connectivity index (χ1) is 5.00. The Kier molecular flexibility index (Phi) is 3.26. The van der Waals surface area contributed by atoms with E-state index in [2.05, 4.69) is 14.8 Å². The van der Waals surface area contributed by atoms with E-state index in [-0.39, 0.29) is 6.10 Å². The summed E-state index contributed by atoms with van der Waals surface area (Å²) in [5.41, 5.74) is 0. The van der Waals surface area contributed by atoms with Crippen molar-refractivity contribution in [3.05, 3.63) is 0 Å². The second-order valence-electron chi connectivity index (χ2n) is 4.88. The first kappa shape index (κ1) is 9.84. The number of aliphatic hydroxyl groups excluding tert-OH is 1. The van der Waals surface area contributed by atoms with Gasteiger partial charge in [0.15, 0.2) is 0 Å². The van der Waals surface area contributed by atoms with Crippen molar-refractivity contribution < 1.29 is 5.11 Å². The van der Waals surface area contributed by atoms with E-state index in [1.54, 1.807) is 0 Å². The maximum absolute atomic E-state index is 9.48. The van der Waals surface area contributed by atoms with Crippen molar-refractivity contribution in [3.8, 4) is 0 Å². The SMILES string of the molecule is [CH3][Sn]([CH3])([CH3])[C@@H]1CCC[C@@H](O)C1. The van der Waals surface area contributed by atoms with E-state index in [0.717, 1.165) is 16.8 Å². The molecule has 0 spiro atoms. The predicted octanol–water partition coefficient (Wildman–Crippen LogP) is 2.63. The first-order valence-electron chi connectivity index (χ1n) is 4.68. The minimum absolute atomic E-state index is 0.0321. The maximum atomic E-state index is 9.48. The third-order valence-corrected chi connectivity index (χ3v) is 11.4. The molecule has 2 heteroatoms. The van der Waals surface area contributed by atoms with Gasteiger partial charge in [-0.15, -0.1) is 0 Å². The Morgan fingerprint density at radius 1 is 1.18 bits per heavy atom. The Bertz CT molecular complexity index is 128. The van der Waals surface area contributed by atoms with Crippen LogP contribution in [0.2, 0.25) is 18.8 Å². The molecule has 1 rings (SSSR count).